The van der Waals surface area contributed by atoms with E-state index in [2.05, 4.69) is 14.9 Å². The fourth-order valence-electron chi connectivity index (χ4n) is 1.34. The largest absolute Gasteiger partial charge is 0.400 e. The van der Waals surface area contributed by atoms with Crippen molar-refractivity contribution in [2.45, 2.75) is 38.7 Å². The maximum atomic E-state index is 11.3. The normalized spacial score (nSPS) is 14.2. The highest BCUT2D eigenvalue weighted by Gasteiger charge is 2.24. The molecule has 0 aromatic carbocycles. The van der Waals surface area contributed by atoms with Crippen LogP contribution in [0.2, 0.25) is 0 Å². The van der Waals surface area contributed by atoms with Gasteiger partial charge in [0.15, 0.2) is 0 Å². The minimum Gasteiger partial charge on any atom is -0.285 e. The van der Waals surface area contributed by atoms with Crippen LogP contribution in [-0.4, -0.2) is 39.9 Å². The molecule has 9 heteroatoms. The Balaban J connectivity index is 4.60. The van der Waals surface area contributed by atoms with Gasteiger partial charge in [-0.3, -0.25) is 4.55 Å². The third-order valence-corrected chi connectivity index (χ3v) is 3.84. The van der Waals surface area contributed by atoms with Gasteiger partial charge in [0.2, 0.25) is 0 Å². The third-order valence-electron chi connectivity index (χ3n) is 2.11. The molecule has 0 amide bonds. The summed E-state index contributed by atoms with van der Waals surface area (Å²) >= 11 is 0. The minimum absolute atomic E-state index is 0.199. The van der Waals surface area contributed by atoms with E-state index in [0.717, 1.165) is 12.8 Å². The average Bonchev–Trinajstić information content (AvgIpc) is 2.24. The summed E-state index contributed by atoms with van der Waals surface area (Å²) in [6, 6.07) is 0. The Labute approximate surface area is 114 Å². The lowest BCUT2D eigenvalue weighted by atomic mass is 10.1. The van der Waals surface area contributed by atoms with Crippen LogP contribution in [0.1, 0.15) is 32.6 Å². The van der Waals surface area contributed by atoms with Gasteiger partial charge in [0, 0.05) is 0 Å². The molecule has 0 aromatic rings. The van der Waals surface area contributed by atoms with Gasteiger partial charge in [0.05, 0.1) is 12.7 Å². The first-order chi connectivity index (χ1) is 8.70. The molecule has 0 aliphatic carbocycles. The van der Waals surface area contributed by atoms with Crippen molar-refractivity contribution < 1.29 is 29.8 Å². The second kappa shape index (κ2) is 8.64. The summed E-state index contributed by atoms with van der Waals surface area (Å²) in [5.41, 5.74) is 0. The average molecular weight is 316 g/mol. The van der Waals surface area contributed by atoms with Gasteiger partial charge in [-0.2, -0.15) is 16.8 Å². The molecule has 1 unspecified atom stereocenters. The van der Waals surface area contributed by atoms with Crippen LogP contribution in [0.25, 0.3) is 0 Å². The molecule has 0 bridgehead atoms. The third kappa shape index (κ3) is 11.1. The lowest BCUT2D eigenvalue weighted by Crippen LogP contribution is -2.27. The van der Waals surface area contributed by atoms with Crippen LogP contribution in [0.3, 0.4) is 0 Å². The topological polar surface area (TPSA) is 107 Å². The molecular weight excluding hydrogens is 296 g/mol. The molecule has 0 aliphatic rings. The van der Waals surface area contributed by atoms with Gasteiger partial charge in [-0.15, -0.1) is 6.58 Å². The predicted molar refractivity (Wildman–Crippen MR) is 70.5 cm³/mol. The molecule has 1 atom stereocenters. The molecule has 7 nitrogen and oxygen atoms in total. The molecule has 0 heterocycles. The summed E-state index contributed by atoms with van der Waals surface area (Å²) in [7, 11) is -8.62. The van der Waals surface area contributed by atoms with Gasteiger partial charge in [-0.1, -0.05) is 32.3 Å². The Morgan fingerprint density at radius 1 is 1.26 bits per heavy atom. The van der Waals surface area contributed by atoms with E-state index in [1.165, 1.54) is 6.08 Å². The van der Waals surface area contributed by atoms with Crippen molar-refractivity contribution in [3.63, 3.8) is 0 Å². The summed E-state index contributed by atoms with van der Waals surface area (Å²) in [4.78, 5) is 0. The standard InChI is InChI=1S/C10H20O7S2/c1-3-5-6-7-10(9-18(11,12)13)17-19(14,15)16-8-4-2/h4,10H,2-3,5-9H2,1H3,(H,11,12,13). The van der Waals surface area contributed by atoms with Gasteiger partial charge < -0.3 is 0 Å². The summed E-state index contributed by atoms with van der Waals surface area (Å²) < 4.78 is 62.1. The molecule has 1 N–H and O–H groups in total. The Morgan fingerprint density at radius 3 is 2.37 bits per heavy atom. The molecule has 0 spiro atoms. The first-order valence-electron chi connectivity index (χ1n) is 5.84. The molecule has 0 radical (unpaired) electrons. The molecule has 0 aliphatic heterocycles. The first kappa shape index (κ1) is 18.5. The molecule has 0 fully saturated rings. The Hall–Kier alpha value is -0.480. The predicted octanol–water partition coefficient (Wildman–Crippen LogP) is 1.29. The van der Waals surface area contributed by atoms with Crippen molar-refractivity contribution in [3.05, 3.63) is 12.7 Å². The van der Waals surface area contributed by atoms with Crippen LogP contribution in [0.15, 0.2) is 12.7 Å². The minimum atomic E-state index is -4.32. The van der Waals surface area contributed by atoms with Crippen molar-refractivity contribution in [1.29, 1.82) is 0 Å². The van der Waals surface area contributed by atoms with Crippen molar-refractivity contribution in [1.82, 2.24) is 0 Å². The van der Waals surface area contributed by atoms with Gasteiger partial charge in [-0.25, -0.2) is 8.37 Å². The fraction of sp³-hybridized carbons (Fsp3) is 0.800. The number of hydrogen-bond acceptors (Lipinski definition) is 6. The maximum Gasteiger partial charge on any atom is 0.400 e. The molecule has 19 heavy (non-hydrogen) atoms. The highest BCUT2D eigenvalue weighted by molar-refractivity contribution is 7.86. The zero-order valence-electron chi connectivity index (χ0n) is 10.8. The van der Waals surface area contributed by atoms with E-state index in [0.29, 0.717) is 6.42 Å². The fourth-order valence-corrected chi connectivity index (χ4v) is 2.95. The van der Waals surface area contributed by atoms with E-state index in [1.807, 2.05) is 6.92 Å². The molecule has 0 rings (SSSR count). The number of hydrogen-bond donors (Lipinski definition) is 1. The lowest BCUT2D eigenvalue weighted by Gasteiger charge is -2.15. The first-order valence-corrected chi connectivity index (χ1v) is 8.78. The Bertz CT molecular complexity index is 452. The second-order valence-electron chi connectivity index (χ2n) is 3.94. The molecule has 0 saturated heterocycles. The molecule has 0 aromatic heterocycles. The Kier molecular flexibility index (Phi) is 8.42. The van der Waals surface area contributed by atoms with Gasteiger partial charge in [-0.05, 0) is 6.42 Å². The van der Waals surface area contributed by atoms with Gasteiger partial charge >= 0.3 is 10.4 Å². The van der Waals surface area contributed by atoms with Crippen LogP contribution in [-0.2, 0) is 28.9 Å². The summed E-state index contributed by atoms with van der Waals surface area (Å²) in [6.07, 6.45) is 2.54. The number of unbranched alkanes of at least 4 members (excludes halogenated alkanes) is 2. The van der Waals surface area contributed by atoms with Crippen LogP contribution in [0.5, 0.6) is 0 Å². The zero-order chi connectivity index (χ0) is 14.9. The highest BCUT2D eigenvalue weighted by atomic mass is 32.3. The lowest BCUT2D eigenvalue weighted by molar-refractivity contribution is 0.167. The summed E-state index contributed by atoms with van der Waals surface area (Å²) in [5.74, 6) is -0.784. The van der Waals surface area contributed by atoms with Crippen LogP contribution in [0.4, 0.5) is 0 Å². The van der Waals surface area contributed by atoms with E-state index in [1.54, 1.807) is 0 Å². The van der Waals surface area contributed by atoms with Gasteiger partial charge in [0.1, 0.15) is 5.75 Å². The molecule has 0 saturated carbocycles. The van der Waals surface area contributed by atoms with Crippen LogP contribution < -0.4 is 0 Å². The van der Waals surface area contributed by atoms with E-state index in [4.69, 9.17) is 4.55 Å². The van der Waals surface area contributed by atoms with E-state index < -0.39 is 32.4 Å². The van der Waals surface area contributed by atoms with Crippen molar-refractivity contribution in [2.24, 2.45) is 0 Å². The summed E-state index contributed by atoms with van der Waals surface area (Å²) in [6.45, 7) is 4.96. The zero-order valence-corrected chi connectivity index (χ0v) is 12.5. The van der Waals surface area contributed by atoms with Crippen molar-refractivity contribution in [3.8, 4) is 0 Å². The maximum absolute atomic E-state index is 11.3. The van der Waals surface area contributed by atoms with Crippen molar-refractivity contribution >= 4 is 20.5 Å². The smallest absolute Gasteiger partial charge is 0.285 e. The van der Waals surface area contributed by atoms with Crippen LogP contribution >= 0.6 is 0 Å². The molecule has 114 valence electrons. The van der Waals surface area contributed by atoms with Crippen molar-refractivity contribution in [2.75, 3.05) is 12.4 Å². The number of rotatable bonds is 11. The highest BCUT2D eigenvalue weighted by Crippen LogP contribution is 2.13. The molecular formula is C10H20O7S2. The second-order valence-corrected chi connectivity index (χ2v) is 6.69. The van der Waals surface area contributed by atoms with E-state index in [9.17, 15) is 16.8 Å². The Morgan fingerprint density at radius 2 is 1.89 bits per heavy atom. The van der Waals surface area contributed by atoms with Crippen LogP contribution in [0, 0.1) is 0 Å². The summed E-state index contributed by atoms with van der Waals surface area (Å²) in [5, 5.41) is 0. The van der Waals surface area contributed by atoms with E-state index >= 15 is 0 Å². The monoisotopic (exact) mass is 316 g/mol. The SMILES string of the molecule is C=CCOS(=O)(=O)OC(CCCCC)CS(=O)(=O)O. The van der Waals surface area contributed by atoms with E-state index in [-0.39, 0.29) is 13.0 Å². The van der Waals surface area contributed by atoms with Gasteiger partial charge in [0.25, 0.3) is 10.1 Å². The quantitative estimate of drug-likeness (QED) is 0.347.